The first-order valence-corrected chi connectivity index (χ1v) is 9.17. The number of non-ortho nitro benzene ring substituents is 1. The second kappa shape index (κ2) is 9.55. The minimum Gasteiger partial charge on any atom is -0.487 e. The van der Waals surface area contributed by atoms with Gasteiger partial charge in [-0.2, -0.15) is 8.78 Å². The minimum absolute atomic E-state index is 0.0142. The highest BCUT2D eigenvalue weighted by Crippen LogP contribution is 2.30. The summed E-state index contributed by atoms with van der Waals surface area (Å²) in [6, 6.07) is 7.92. The van der Waals surface area contributed by atoms with E-state index in [0.29, 0.717) is 10.7 Å². The summed E-state index contributed by atoms with van der Waals surface area (Å²) in [6.07, 6.45) is -3.94. The maximum absolute atomic E-state index is 13.0. The summed E-state index contributed by atoms with van der Waals surface area (Å²) in [4.78, 5) is 10.3. The fourth-order valence-corrected chi connectivity index (χ4v) is 2.91. The van der Waals surface area contributed by atoms with Crippen molar-refractivity contribution in [3.05, 3.63) is 56.0 Å². The van der Waals surface area contributed by atoms with Crippen molar-refractivity contribution in [3.8, 4) is 5.75 Å². The Morgan fingerprint density at radius 3 is 2.55 bits per heavy atom. The Kier molecular flexibility index (Phi) is 7.60. The maximum atomic E-state index is 13.0. The molecule has 0 unspecified atom stereocenters. The zero-order chi connectivity index (χ0) is 21.8. The van der Waals surface area contributed by atoms with Crippen molar-refractivity contribution in [3.63, 3.8) is 0 Å². The molecule has 13 heteroatoms. The molecule has 0 aliphatic heterocycles. The summed E-state index contributed by atoms with van der Waals surface area (Å²) in [6.45, 7) is -1.65. The fraction of sp³-hybridized carbons (Fsp3) is 0.188. The van der Waals surface area contributed by atoms with E-state index in [1.54, 1.807) is 18.2 Å². The predicted octanol–water partition coefficient (Wildman–Crippen LogP) is 6.10. The van der Waals surface area contributed by atoms with Crippen molar-refractivity contribution in [1.29, 1.82) is 0 Å². The second-order valence-corrected chi connectivity index (χ2v) is 7.26. The first-order valence-electron chi connectivity index (χ1n) is 7.59. The highest BCUT2D eigenvalue weighted by molar-refractivity contribution is 9.10. The normalized spacial score (nSPS) is 11.3. The van der Waals surface area contributed by atoms with Crippen LogP contribution < -0.4 is 15.4 Å². The number of hydrogen-bond acceptors (Lipinski definition) is 4. The van der Waals surface area contributed by atoms with Gasteiger partial charge < -0.3 is 15.4 Å². The first-order chi connectivity index (χ1) is 13.5. The topological polar surface area (TPSA) is 76.4 Å². The molecule has 2 aromatic carbocycles. The van der Waals surface area contributed by atoms with Crippen LogP contribution in [-0.4, -0.2) is 29.0 Å². The molecule has 0 amide bonds. The molecule has 2 N–H and O–H groups in total. The molecule has 0 spiro atoms. The third kappa shape index (κ3) is 6.68. The number of alkyl halides is 4. The monoisotopic (exact) mass is 515 g/mol. The average molecular weight is 517 g/mol. The van der Waals surface area contributed by atoms with Gasteiger partial charge in [-0.3, -0.25) is 10.1 Å². The maximum Gasteiger partial charge on any atom is 0.340 e. The standard InChI is InChI=1S/C16H11BrClF4N3O3S/c17-8-1-2-13(12(18)3-8)24-15(29)23-9-4-10(25(26)27)6-11(5-9)28-7-16(21,22)14(19)20/h1-6,14H,7H2,(H2,23,24,29). The highest BCUT2D eigenvalue weighted by atomic mass is 79.9. The zero-order valence-electron chi connectivity index (χ0n) is 14.1. The molecule has 2 rings (SSSR count). The van der Waals surface area contributed by atoms with Gasteiger partial charge in [-0.25, -0.2) is 8.78 Å². The Morgan fingerprint density at radius 2 is 1.97 bits per heavy atom. The Bertz CT molecular complexity index is 936. The van der Waals surface area contributed by atoms with Gasteiger partial charge in [-0.05, 0) is 30.4 Å². The number of ether oxygens (including phenoxy) is 1. The average Bonchev–Trinajstić information content (AvgIpc) is 2.62. The summed E-state index contributed by atoms with van der Waals surface area (Å²) < 4.78 is 55.9. The van der Waals surface area contributed by atoms with E-state index in [1.165, 1.54) is 0 Å². The Balaban J connectivity index is 2.17. The van der Waals surface area contributed by atoms with E-state index in [9.17, 15) is 27.7 Å². The van der Waals surface area contributed by atoms with E-state index < -0.39 is 35.3 Å². The molecule has 6 nitrogen and oxygen atoms in total. The molecular weight excluding hydrogens is 506 g/mol. The summed E-state index contributed by atoms with van der Waals surface area (Å²) >= 11 is 14.4. The highest BCUT2D eigenvalue weighted by Gasteiger charge is 2.41. The van der Waals surface area contributed by atoms with Crippen LogP contribution in [0, 0.1) is 10.1 Å². The number of nitro benzene ring substituents is 1. The van der Waals surface area contributed by atoms with Gasteiger partial charge in [0.15, 0.2) is 11.7 Å². The third-order valence-corrected chi connectivity index (χ3v) is 4.30. The van der Waals surface area contributed by atoms with Gasteiger partial charge in [0.05, 0.1) is 27.4 Å². The number of rotatable bonds is 7. The summed E-state index contributed by atoms with van der Waals surface area (Å²) in [5, 5.41) is 16.8. The Morgan fingerprint density at radius 1 is 1.28 bits per heavy atom. The van der Waals surface area contributed by atoms with Crippen LogP contribution in [0.5, 0.6) is 5.75 Å². The van der Waals surface area contributed by atoms with Crippen molar-refractivity contribution < 1.29 is 27.2 Å². The number of anilines is 2. The number of hydrogen-bond donors (Lipinski definition) is 2. The van der Waals surface area contributed by atoms with Crippen molar-refractivity contribution in [1.82, 2.24) is 0 Å². The van der Waals surface area contributed by atoms with Gasteiger partial charge >= 0.3 is 12.3 Å². The van der Waals surface area contributed by atoms with E-state index in [2.05, 4.69) is 31.3 Å². The number of nitro groups is 1. The molecule has 0 bridgehead atoms. The van der Waals surface area contributed by atoms with E-state index in [0.717, 1.165) is 22.7 Å². The second-order valence-electron chi connectivity index (χ2n) is 5.53. The molecule has 156 valence electrons. The van der Waals surface area contributed by atoms with E-state index in [1.807, 2.05) is 0 Å². The minimum atomic E-state index is -4.41. The predicted molar refractivity (Wildman–Crippen MR) is 109 cm³/mol. The van der Waals surface area contributed by atoms with E-state index in [-0.39, 0.29) is 10.8 Å². The van der Waals surface area contributed by atoms with Crippen LogP contribution >= 0.6 is 39.7 Å². The molecule has 29 heavy (non-hydrogen) atoms. The molecule has 0 heterocycles. The molecule has 0 saturated heterocycles. The summed E-state index contributed by atoms with van der Waals surface area (Å²) in [5.41, 5.74) is -0.0685. The summed E-state index contributed by atoms with van der Waals surface area (Å²) in [7, 11) is 0. The van der Waals surface area contributed by atoms with Crippen LogP contribution in [0.1, 0.15) is 0 Å². The van der Waals surface area contributed by atoms with Crippen LogP contribution in [0.15, 0.2) is 40.9 Å². The van der Waals surface area contributed by atoms with Crippen LogP contribution in [-0.2, 0) is 0 Å². The SMILES string of the molecule is O=[N+]([O-])c1cc(NC(=S)Nc2ccc(Br)cc2Cl)cc(OCC(F)(F)C(F)F)c1. The quantitative estimate of drug-likeness (QED) is 0.200. The van der Waals surface area contributed by atoms with Crippen LogP contribution in [0.4, 0.5) is 34.6 Å². The number of nitrogens with one attached hydrogen (secondary N) is 2. The van der Waals surface area contributed by atoms with Gasteiger partial charge in [0, 0.05) is 16.6 Å². The van der Waals surface area contributed by atoms with Crippen molar-refractivity contribution in [2.45, 2.75) is 12.3 Å². The lowest BCUT2D eigenvalue weighted by molar-refractivity contribution is -0.384. The van der Waals surface area contributed by atoms with Gasteiger partial charge in [0.25, 0.3) is 5.69 Å². The summed E-state index contributed by atoms with van der Waals surface area (Å²) in [5.74, 6) is -4.82. The first kappa shape index (κ1) is 23.1. The molecule has 0 fully saturated rings. The van der Waals surface area contributed by atoms with E-state index in [4.69, 9.17) is 23.8 Å². The molecular formula is C16H11BrClF4N3O3S. The van der Waals surface area contributed by atoms with Gasteiger partial charge in [0.2, 0.25) is 0 Å². The lowest BCUT2D eigenvalue weighted by Crippen LogP contribution is -2.33. The van der Waals surface area contributed by atoms with Crippen molar-refractivity contribution in [2.75, 3.05) is 17.2 Å². The number of benzene rings is 2. The van der Waals surface area contributed by atoms with Crippen LogP contribution in [0.3, 0.4) is 0 Å². The zero-order valence-corrected chi connectivity index (χ0v) is 17.3. The molecule has 0 radical (unpaired) electrons. The molecule has 2 aromatic rings. The fourth-order valence-electron chi connectivity index (χ4n) is 1.96. The number of thiocarbonyl (C=S) groups is 1. The smallest absolute Gasteiger partial charge is 0.340 e. The lowest BCUT2D eigenvalue weighted by Gasteiger charge is -2.17. The number of nitrogens with zero attached hydrogens (tertiary/aromatic N) is 1. The molecule has 0 aliphatic carbocycles. The lowest BCUT2D eigenvalue weighted by atomic mass is 10.2. The Labute approximate surface area is 180 Å². The largest absolute Gasteiger partial charge is 0.487 e. The Hall–Kier alpha value is -2.18. The molecule has 0 atom stereocenters. The van der Waals surface area contributed by atoms with Gasteiger partial charge in [-0.1, -0.05) is 27.5 Å². The van der Waals surface area contributed by atoms with Crippen LogP contribution in [0.25, 0.3) is 0 Å². The van der Waals surface area contributed by atoms with E-state index >= 15 is 0 Å². The van der Waals surface area contributed by atoms with Gasteiger partial charge in [0.1, 0.15) is 5.75 Å². The van der Waals surface area contributed by atoms with Crippen molar-refractivity contribution >= 4 is 61.9 Å². The molecule has 0 aliphatic rings. The number of halogens is 6. The molecule has 0 aromatic heterocycles. The van der Waals surface area contributed by atoms with Crippen LogP contribution in [0.2, 0.25) is 5.02 Å². The molecule has 0 saturated carbocycles. The third-order valence-electron chi connectivity index (χ3n) is 3.29. The van der Waals surface area contributed by atoms with Gasteiger partial charge in [-0.15, -0.1) is 0 Å². The van der Waals surface area contributed by atoms with Crippen molar-refractivity contribution in [2.24, 2.45) is 0 Å².